The molecule has 0 spiro atoms. The number of hydrogen-bond donors (Lipinski definition) is 0. The van der Waals surface area contributed by atoms with Crippen LogP contribution in [0.2, 0.25) is 0 Å². The van der Waals surface area contributed by atoms with Crippen LogP contribution in [0.1, 0.15) is 0 Å². The van der Waals surface area contributed by atoms with E-state index in [-0.39, 0.29) is 30.6 Å². The molecule has 7 heteroatoms. The fourth-order valence-electron chi connectivity index (χ4n) is 2.31. The summed E-state index contributed by atoms with van der Waals surface area (Å²) < 4.78 is 13.7. The van der Waals surface area contributed by atoms with Gasteiger partial charge in [-0.15, -0.1) is 24.8 Å². The van der Waals surface area contributed by atoms with Crippen LogP contribution in [0.3, 0.4) is 0 Å². The van der Waals surface area contributed by atoms with Crippen LogP contribution in [0.15, 0.2) is 42.7 Å². The number of anilines is 2. The zero-order valence-corrected chi connectivity index (χ0v) is 13.0. The fourth-order valence-corrected chi connectivity index (χ4v) is 2.31. The second-order valence-electron chi connectivity index (χ2n) is 4.47. The Labute approximate surface area is 135 Å². The number of para-hydroxylation sites is 1. The standard InChI is InChI=1S/C14H15FN4.2ClH/c15-12-4-1-2-5-13(12)18-8-10-19(11-9-18)14-16-6-3-7-17-14;;/h1-7H,8-11H2;2*1H. The van der Waals surface area contributed by atoms with Crippen LogP contribution in [-0.2, 0) is 0 Å². The maximum atomic E-state index is 13.7. The summed E-state index contributed by atoms with van der Waals surface area (Å²) in [4.78, 5) is 12.7. The molecule has 4 nitrogen and oxygen atoms in total. The third-order valence-corrected chi connectivity index (χ3v) is 3.31. The Balaban J connectivity index is 0.00000110. The first-order chi connectivity index (χ1) is 9.34. The molecule has 0 N–H and O–H groups in total. The highest BCUT2D eigenvalue weighted by Gasteiger charge is 2.20. The van der Waals surface area contributed by atoms with E-state index in [0.29, 0.717) is 5.69 Å². The van der Waals surface area contributed by atoms with Crippen LogP contribution < -0.4 is 9.80 Å². The predicted octanol–water partition coefficient (Wildman–Crippen LogP) is 2.79. The second-order valence-corrected chi connectivity index (χ2v) is 4.47. The average Bonchev–Trinajstić information content (AvgIpc) is 2.49. The van der Waals surface area contributed by atoms with Crippen molar-refractivity contribution in [2.45, 2.75) is 0 Å². The van der Waals surface area contributed by atoms with Crippen molar-refractivity contribution in [1.29, 1.82) is 0 Å². The maximum absolute atomic E-state index is 13.7. The lowest BCUT2D eigenvalue weighted by Crippen LogP contribution is -2.47. The van der Waals surface area contributed by atoms with Crippen LogP contribution in [0.5, 0.6) is 0 Å². The molecule has 2 aromatic rings. The smallest absolute Gasteiger partial charge is 0.225 e. The van der Waals surface area contributed by atoms with Crippen molar-refractivity contribution in [2.24, 2.45) is 0 Å². The summed E-state index contributed by atoms with van der Waals surface area (Å²) >= 11 is 0. The SMILES string of the molecule is Cl.Cl.Fc1ccccc1N1CCN(c2ncccn2)CC1. The Bertz CT molecular complexity index is 548. The molecule has 0 radical (unpaired) electrons. The molecule has 1 aliphatic rings. The van der Waals surface area contributed by atoms with Crippen LogP contribution in [0.4, 0.5) is 16.0 Å². The molecule has 1 aliphatic heterocycles. The largest absolute Gasteiger partial charge is 0.366 e. The van der Waals surface area contributed by atoms with Gasteiger partial charge in [-0.3, -0.25) is 0 Å². The monoisotopic (exact) mass is 330 g/mol. The first-order valence-corrected chi connectivity index (χ1v) is 6.36. The second kappa shape index (κ2) is 8.00. The highest BCUT2D eigenvalue weighted by Crippen LogP contribution is 2.21. The van der Waals surface area contributed by atoms with Gasteiger partial charge >= 0.3 is 0 Å². The molecule has 1 saturated heterocycles. The molecule has 0 saturated carbocycles. The van der Waals surface area contributed by atoms with Gasteiger partial charge < -0.3 is 9.80 Å². The lowest BCUT2D eigenvalue weighted by molar-refractivity contribution is 0.594. The number of nitrogens with zero attached hydrogens (tertiary/aromatic N) is 4. The van der Waals surface area contributed by atoms with Gasteiger partial charge in [-0.2, -0.15) is 0 Å². The average molecular weight is 331 g/mol. The van der Waals surface area contributed by atoms with Crippen molar-refractivity contribution in [3.05, 3.63) is 48.5 Å². The minimum atomic E-state index is -0.160. The molecule has 114 valence electrons. The van der Waals surface area contributed by atoms with Gasteiger partial charge in [0.1, 0.15) is 5.82 Å². The third-order valence-electron chi connectivity index (χ3n) is 3.31. The van der Waals surface area contributed by atoms with E-state index in [1.54, 1.807) is 24.5 Å². The minimum absolute atomic E-state index is 0. The predicted molar refractivity (Wildman–Crippen MR) is 87.4 cm³/mol. The van der Waals surface area contributed by atoms with Gasteiger partial charge in [0.15, 0.2) is 0 Å². The molecule has 0 unspecified atom stereocenters. The molecule has 1 aromatic carbocycles. The van der Waals surface area contributed by atoms with E-state index >= 15 is 0 Å². The van der Waals surface area contributed by atoms with Crippen molar-refractivity contribution >= 4 is 36.4 Å². The number of rotatable bonds is 2. The summed E-state index contributed by atoms with van der Waals surface area (Å²) in [5.74, 6) is 0.586. The Morgan fingerprint density at radius 3 is 2.00 bits per heavy atom. The highest BCUT2D eigenvalue weighted by molar-refractivity contribution is 5.85. The molecular formula is C14H17Cl2FN4. The highest BCUT2D eigenvalue weighted by atomic mass is 35.5. The van der Waals surface area contributed by atoms with E-state index in [0.717, 1.165) is 32.1 Å². The van der Waals surface area contributed by atoms with Crippen LogP contribution in [0.25, 0.3) is 0 Å². The molecule has 0 atom stereocenters. The summed E-state index contributed by atoms with van der Waals surface area (Å²) in [5, 5.41) is 0. The van der Waals surface area contributed by atoms with Crippen molar-refractivity contribution in [1.82, 2.24) is 9.97 Å². The van der Waals surface area contributed by atoms with Gasteiger partial charge in [0.2, 0.25) is 5.95 Å². The summed E-state index contributed by atoms with van der Waals surface area (Å²) in [5.41, 5.74) is 0.677. The molecule has 1 fully saturated rings. The van der Waals surface area contributed by atoms with Crippen molar-refractivity contribution in [3.8, 4) is 0 Å². The first-order valence-electron chi connectivity index (χ1n) is 6.36. The Morgan fingerprint density at radius 2 is 1.38 bits per heavy atom. The third kappa shape index (κ3) is 3.95. The van der Waals surface area contributed by atoms with Gasteiger partial charge in [0.25, 0.3) is 0 Å². The lowest BCUT2D eigenvalue weighted by Gasteiger charge is -2.36. The number of halogens is 3. The quantitative estimate of drug-likeness (QED) is 0.847. The molecular weight excluding hydrogens is 314 g/mol. The van der Waals surface area contributed by atoms with E-state index in [1.165, 1.54) is 6.07 Å². The number of piperazine rings is 1. The maximum Gasteiger partial charge on any atom is 0.225 e. The van der Waals surface area contributed by atoms with E-state index in [9.17, 15) is 4.39 Å². The summed E-state index contributed by atoms with van der Waals surface area (Å²) in [6.45, 7) is 3.16. The van der Waals surface area contributed by atoms with E-state index in [4.69, 9.17) is 0 Å². The molecule has 2 heterocycles. The first kappa shape index (κ1) is 17.5. The molecule has 21 heavy (non-hydrogen) atoms. The Kier molecular flexibility index (Phi) is 6.65. The van der Waals surface area contributed by atoms with E-state index < -0.39 is 0 Å². The van der Waals surface area contributed by atoms with Crippen LogP contribution in [-0.4, -0.2) is 36.1 Å². The van der Waals surface area contributed by atoms with Gasteiger partial charge in [0.05, 0.1) is 5.69 Å². The van der Waals surface area contributed by atoms with Crippen molar-refractivity contribution < 1.29 is 4.39 Å². The topological polar surface area (TPSA) is 32.3 Å². The Morgan fingerprint density at radius 1 is 0.810 bits per heavy atom. The number of hydrogen-bond acceptors (Lipinski definition) is 4. The van der Waals surface area contributed by atoms with Gasteiger partial charge in [-0.25, -0.2) is 14.4 Å². The minimum Gasteiger partial charge on any atom is -0.366 e. The zero-order chi connectivity index (χ0) is 13.1. The molecule has 0 bridgehead atoms. The number of aromatic nitrogens is 2. The van der Waals surface area contributed by atoms with E-state index in [1.807, 2.05) is 12.1 Å². The number of benzene rings is 1. The normalized spacial score (nSPS) is 14.1. The molecule has 0 amide bonds. The zero-order valence-electron chi connectivity index (χ0n) is 11.4. The summed E-state index contributed by atoms with van der Waals surface area (Å²) in [7, 11) is 0. The van der Waals surface area contributed by atoms with Crippen molar-refractivity contribution in [3.63, 3.8) is 0 Å². The fraction of sp³-hybridized carbons (Fsp3) is 0.286. The van der Waals surface area contributed by atoms with Gasteiger partial charge in [-0.1, -0.05) is 12.1 Å². The molecule has 1 aromatic heterocycles. The van der Waals surface area contributed by atoms with E-state index in [2.05, 4.69) is 19.8 Å². The van der Waals surface area contributed by atoms with Crippen molar-refractivity contribution in [2.75, 3.05) is 36.0 Å². The molecule has 3 rings (SSSR count). The summed E-state index contributed by atoms with van der Waals surface area (Å²) in [6, 6.07) is 8.71. The lowest BCUT2D eigenvalue weighted by atomic mass is 10.2. The van der Waals surface area contributed by atoms with Gasteiger partial charge in [-0.05, 0) is 18.2 Å². The Hall–Kier alpha value is -1.59. The summed E-state index contributed by atoms with van der Waals surface area (Å²) in [6.07, 6.45) is 3.48. The van der Waals surface area contributed by atoms with Crippen LogP contribution in [0, 0.1) is 5.82 Å². The van der Waals surface area contributed by atoms with Gasteiger partial charge in [0, 0.05) is 38.6 Å². The molecule has 0 aliphatic carbocycles. The van der Waals surface area contributed by atoms with Crippen LogP contribution >= 0.6 is 24.8 Å².